The van der Waals surface area contributed by atoms with Crippen molar-refractivity contribution in [2.24, 2.45) is 0 Å². The van der Waals surface area contributed by atoms with Gasteiger partial charge in [-0.3, -0.25) is 0 Å². The number of hydrogen-bond donors (Lipinski definition) is 0. The van der Waals surface area contributed by atoms with Crippen LogP contribution in [0.25, 0.3) is 0 Å². The van der Waals surface area contributed by atoms with Gasteiger partial charge in [0, 0.05) is 38.1 Å². The van der Waals surface area contributed by atoms with Crippen LogP contribution in [0.3, 0.4) is 0 Å². The largest absolute Gasteiger partial charge is 0.369 e. The molecule has 4 nitrogen and oxygen atoms in total. The van der Waals surface area contributed by atoms with Crippen LogP contribution in [0.2, 0.25) is 0 Å². The van der Waals surface area contributed by atoms with E-state index in [2.05, 4.69) is 58.2 Å². The van der Waals surface area contributed by atoms with Crippen molar-refractivity contribution in [3.8, 4) is 6.07 Å². The van der Waals surface area contributed by atoms with Crippen LogP contribution in [0.15, 0.2) is 48.7 Å². The number of anilines is 2. The Morgan fingerprint density at radius 1 is 1.23 bits per heavy atom. The quantitative estimate of drug-likeness (QED) is 0.872. The van der Waals surface area contributed by atoms with E-state index in [0.29, 0.717) is 11.6 Å². The Labute approximate surface area is 131 Å². The normalized spacial score (nSPS) is 17.8. The summed E-state index contributed by atoms with van der Waals surface area (Å²) < 4.78 is 0. The predicted octanol–water partition coefficient (Wildman–Crippen LogP) is 3.06. The van der Waals surface area contributed by atoms with E-state index < -0.39 is 0 Å². The molecule has 0 bridgehead atoms. The van der Waals surface area contributed by atoms with Gasteiger partial charge in [-0.15, -0.1) is 0 Å². The molecule has 1 unspecified atom stereocenters. The van der Waals surface area contributed by atoms with E-state index in [9.17, 15) is 0 Å². The first-order valence-corrected chi connectivity index (χ1v) is 7.67. The molecule has 0 aliphatic carbocycles. The molecule has 2 heterocycles. The van der Waals surface area contributed by atoms with E-state index in [4.69, 9.17) is 5.26 Å². The number of nitriles is 1. The van der Waals surface area contributed by atoms with Crippen molar-refractivity contribution < 1.29 is 0 Å². The number of likely N-dealkylation sites (N-methyl/N-ethyl adjacent to an activating group) is 1. The average Bonchev–Trinajstić information content (AvgIpc) is 2.62. The van der Waals surface area contributed by atoms with Gasteiger partial charge in [0.15, 0.2) is 0 Å². The van der Waals surface area contributed by atoms with Crippen LogP contribution in [-0.2, 0) is 0 Å². The first kappa shape index (κ1) is 14.4. The van der Waals surface area contributed by atoms with Crippen molar-refractivity contribution in [3.63, 3.8) is 0 Å². The van der Waals surface area contributed by atoms with Gasteiger partial charge in [0.1, 0.15) is 11.9 Å². The monoisotopic (exact) mass is 292 g/mol. The molecule has 112 valence electrons. The summed E-state index contributed by atoms with van der Waals surface area (Å²) in [6.07, 6.45) is 3.99. The van der Waals surface area contributed by atoms with Crippen molar-refractivity contribution >= 4 is 11.5 Å². The number of aromatic nitrogens is 1. The molecule has 1 aromatic heterocycles. The molecule has 3 rings (SSSR count). The van der Waals surface area contributed by atoms with Crippen LogP contribution in [0, 0.1) is 11.3 Å². The second-order valence-corrected chi connectivity index (χ2v) is 5.71. The molecule has 1 aliphatic heterocycles. The minimum Gasteiger partial charge on any atom is -0.369 e. The van der Waals surface area contributed by atoms with Crippen LogP contribution in [0.4, 0.5) is 11.5 Å². The smallest absolute Gasteiger partial charge is 0.128 e. The maximum atomic E-state index is 8.87. The summed E-state index contributed by atoms with van der Waals surface area (Å²) in [5.41, 5.74) is 1.89. The summed E-state index contributed by atoms with van der Waals surface area (Å²) in [4.78, 5) is 9.08. The van der Waals surface area contributed by atoms with Gasteiger partial charge in [-0.25, -0.2) is 4.98 Å². The molecule has 1 saturated heterocycles. The third-order valence-corrected chi connectivity index (χ3v) is 4.30. The van der Waals surface area contributed by atoms with Crippen LogP contribution in [0.5, 0.6) is 0 Å². The molecule has 0 radical (unpaired) electrons. The summed E-state index contributed by atoms with van der Waals surface area (Å²) in [5, 5.41) is 8.87. The van der Waals surface area contributed by atoms with Crippen molar-refractivity contribution in [2.45, 2.75) is 18.9 Å². The highest BCUT2D eigenvalue weighted by atomic mass is 15.2. The molecule has 22 heavy (non-hydrogen) atoms. The molecule has 4 heteroatoms. The molecule has 0 N–H and O–H groups in total. The Morgan fingerprint density at radius 3 is 2.73 bits per heavy atom. The van der Waals surface area contributed by atoms with E-state index in [1.54, 1.807) is 6.20 Å². The van der Waals surface area contributed by atoms with Crippen molar-refractivity contribution in [1.29, 1.82) is 5.26 Å². The minimum absolute atomic E-state index is 0.439. The summed E-state index contributed by atoms with van der Waals surface area (Å²) in [6, 6.07) is 16.9. The van der Waals surface area contributed by atoms with Gasteiger partial charge in [-0.1, -0.05) is 18.2 Å². The molecule has 2 aromatic rings. The zero-order valence-corrected chi connectivity index (χ0v) is 12.8. The maximum Gasteiger partial charge on any atom is 0.128 e. The second kappa shape index (κ2) is 6.48. The zero-order chi connectivity index (χ0) is 15.4. The SMILES string of the molecule is CN(c1ccc(C#N)cn1)C1CCCN(c2ccccc2)C1. The van der Waals surface area contributed by atoms with Gasteiger partial charge in [0.05, 0.1) is 5.56 Å². The van der Waals surface area contributed by atoms with Gasteiger partial charge in [0.2, 0.25) is 0 Å². The number of piperidine rings is 1. The number of rotatable bonds is 3. The first-order chi connectivity index (χ1) is 10.8. The Bertz CT molecular complexity index is 645. The van der Waals surface area contributed by atoms with E-state index in [1.165, 1.54) is 18.5 Å². The highest BCUT2D eigenvalue weighted by Gasteiger charge is 2.24. The van der Waals surface area contributed by atoms with Crippen LogP contribution < -0.4 is 9.80 Å². The highest BCUT2D eigenvalue weighted by Crippen LogP contribution is 2.24. The predicted molar refractivity (Wildman–Crippen MR) is 89.0 cm³/mol. The lowest BCUT2D eigenvalue weighted by Gasteiger charge is -2.39. The number of benzene rings is 1. The summed E-state index contributed by atoms with van der Waals surface area (Å²) >= 11 is 0. The fourth-order valence-electron chi connectivity index (χ4n) is 2.99. The van der Waals surface area contributed by atoms with Crippen LogP contribution >= 0.6 is 0 Å². The van der Waals surface area contributed by atoms with Gasteiger partial charge in [-0.05, 0) is 37.1 Å². The zero-order valence-electron chi connectivity index (χ0n) is 12.8. The van der Waals surface area contributed by atoms with E-state index >= 15 is 0 Å². The average molecular weight is 292 g/mol. The summed E-state index contributed by atoms with van der Waals surface area (Å²) in [7, 11) is 2.09. The third-order valence-electron chi connectivity index (χ3n) is 4.30. The Balaban J connectivity index is 1.72. The van der Waals surface area contributed by atoms with Gasteiger partial charge >= 0.3 is 0 Å². The first-order valence-electron chi connectivity index (χ1n) is 7.67. The molecular formula is C18H20N4. The minimum atomic E-state index is 0.439. The lowest BCUT2D eigenvalue weighted by Crippen LogP contribution is -2.47. The second-order valence-electron chi connectivity index (χ2n) is 5.71. The molecule has 0 saturated carbocycles. The maximum absolute atomic E-state index is 8.87. The van der Waals surface area contributed by atoms with Gasteiger partial charge < -0.3 is 9.80 Å². The third kappa shape index (κ3) is 3.04. The molecule has 1 aliphatic rings. The Hall–Kier alpha value is -2.54. The fourth-order valence-corrected chi connectivity index (χ4v) is 2.99. The molecular weight excluding hydrogens is 272 g/mol. The Kier molecular flexibility index (Phi) is 4.24. The number of para-hydroxylation sites is 1. The van der Waals surface area contributed by atoms with Gasteiger partial charge in [-0.2, -0.15) is 5.26 Å². The Morgan fingerprint density at radius 2 is 2.05 bits per heavy atom. The number of nitrogens with zero attached hydrogens (tertiary/aromatic N) is 4. The molecule has 0 amide bonds. The molecule has 1 fully saturated rings. The molecule has 1 atom stereocenters. The van der Waals surface area contributed by atoms with Crippen molar-refractivity contribution in [2.75, 3.05) is 29.9 Å². The lowest BCUT2D eigenvalue weighted by molar-refractivity contribution is 0.486. The van der Waals surface area contributed by atoms with Crippen molar-refractivity contribution in [1.82, 2.24) is 4.98 Å². The fraction of sp³-hybridized carbons (Fsp3) is 0.333. The van der Waals surface area contributed by atoms with E-state index in [0.717, 1.165) is 18.9 Å². The van der Waals surface area contributed by atoms with Crippen LogP contribution in [-0.4, -0.2) is 31.2 Å². The van der Waals surface area contributed by atoms with E-state index in [-0.39, 0.29) is 0 Å². The summed E-state index contributed by atoms with van der Waals surface area (Å²) in [5.74, 6) is 0.930. The topological polar surface area (TPSA) is 43.2 Å². The number of pyridine rings is 1. The van der Waals surface area contributed by atoms with Crippen molar-refractivity contribution in [3.05, 3.63) is 54.2 Å². The van der Waals surface area contributed by atoms with Gasteiger partial charge in [0.25, 0.3) is 0 Å². The molecule has 1 aromatic carbocycles. The number of hydrogen-bond acceptors (Lipinski definition) is 4. The van der Waals surface area contributed by atoms with Crippen LogP contribution in [0.1, 0.15) is 18.4 Å². The summed E-state index contributed by atoms with van der Waals surface area (Å²) in [6.45, 7) is 2.11. The molecule has 0 spiro atoms. The van der Waals surface area contributed by atoms with E-state index in [1.807, 2.05) is 12.1 Å². The standard InChI is InChI=1S/C18H20N4/c1-21(18-10-9-15(12-19)13-20-18)17-8-5-11-22(14-17)16-6-3-2-4-7-16/h2-4,6-7,9-10,13,17H,5,8,11,14H2,1H3. The highest BCUT2D eigenvalue weighted by molar-refractivity contribution is 5.48. The lowest BCUT2D eigenvalue weighted by atomic mass is 10.0.